The maximum atomic E-state index is 13.1. The number of hydrogen-bond acceptors (Lipinski definition) is 4. The minimum atomic E-state index is -0.255. The van der Waals surface area contributed by atoms with E-state index < -0.39 is 0 Å². The highest BCUT2D eigenvalue weighted by Gasteiger charge is 2.32. The third-order valence-electron chi connectivity index (χ3n) is 5.24. The molecule has 1 fully saturated rings. The highest BCUT2D eigenvalue weighted by atomic mass is 35.5. The summed E-state index contributed by atoms with van der Waals surface area (Å²) in [4.78, 5) is 28.1. The molecule has 2 aromatic rings. The highest BCUT2D eigenvalue weighted by molar-refractivity contribution is 6.36. The molecular weight excluding hydrogens is 430 g/mol. The molecule has 1 aliphatic rings. The van der Waals surface area contributed by atoms with Gasteiger partial charge in [0, 0.05) is 36.7 Å². The van der Waals surface area contributed by atoms with E-state index in [-0.39, 0.29) is 46.8 Å². The zero-order valence-corrected chi connectivity index (χ0v) is 18.3. The minimum Gasteiger partial charge on any atom is -0.481 e. The van der Waals surface area contributed by atoms with Crippen molar-refractivity contribution in [3.8, 4) is 5.75 Å². The number of halogens is 3. The number of carbonyl (C=O) groups excluding carboxylic acids is 2. The van der Waals surface area contributed by atoms with Crippen LogP contribution in [0, 0.1) is 5.82 Å². The van der Waals surface area contributed by atoms with Crippen LogP contribution in [0.15, 0.2) is 36.4 Å². The van der Waals surface area contributed by atoms with Crippen molar-refractivity contribution in [3.05, 3.63) is 63.4 Å². The normalized spacial score (nSPS) is 19.6. The summed E-state index contributed by atoms with van der Waals surface area (Å²) in [6.45, 7) is 5.72. The summed E-state index contributed by atoms with van der Waals surface area (Å²) < 4.78 is 18.7. The molecule has 0 saturated carbocycles. The molecule has 1 amide bonds. The van der Waals surface area contributed by atoms with Gasteiger partial charge in [-0.25, -0.2) is 4.39 Å². The van der Waals surface area contributed by atoms with E-state index in [1.165, 1.54) is 24.3 Å². The smallest absolute Gasteiger partial charge is 0.260 e. The molecule has 160 valence electrons. The van der Waals surface area contributed by atoms with Crippen molar-refractivity contribution in [2.45, 2.75) is 32.5 Å². The summed E-state index contributed by atoms with van der Waals surface area (Å²) in [5, 5.41) is 0.503. The summed E-state index contributed by atoms with van der Waals surface area (Å²) in [5.74, 6) is -0.284. The number of rotatable bonds is 6. The Kier molecular flexibility index (Phi) is 7.34. The van der Waals surface area contributed by atoms with Crippen LogP contribution in [0.5, 0.6) is 5.75 Å². The van der Waals surface area contributed by atoms with E-state index in [0.29, 0.717) is 30.9 Å². The van der Waals surface area contributed by atoms with E-state index in [1.807, 2.05) is 6.92 Å². The lowest BCUT2D eigenvalue weighted by atomic mass is 10.1. The lowest BCUT2D eigenvalue weighted by molar-refractivity contribution is -0.139. The second-order valence-corrected chi connectivity index (χ2v) is 8.36. The van der Waals surface area contributed by atoms with Crippen LogP contribution in [0.2, 0.25) is 10.0 Å². The molecule has 0 unspecified atom stereocenters. The quantitative estimate of drug-likeness (QED) is 0.607. The first-order valence-corrected chi connectivity index (χ1v) is 10.4. The first-order valence-electron chi connectivity index (χ1n) is 9.63. The minimum absolute atomic E-state index is 0.0241. The Labute approximate surface area is 185 Å². The lowest BCUT2D eigenvalue weighted by Gasteiger charge is -2.44. The van der Waals surface area contributed by atoms with Gasteiger partial charge in [-0.2, -0.15) is 0 Å². The molecule has 0 aliphatic carbocycles. The molecule has 1 aliphatic heterocycles. The third kappa shape index (κ3) is 5.31. The van der Waals surface area contributed by atoms with Gasteiger partial charge in [-0.15, -0.1) is 0 Å². The van der Waals surface area contributed by atoms with Gasteiger partial charge in [-0.05, 0) is 43.7 Å². The number of aldehydes is 1. The number of hydrogen-bond donors (Lipinski definition) is 0. The van der Waals surface area contributed by atoms with Gasteiger partial charge in [0.2, 0.25) is 0 Å². The van der Waals surface area contributed by atoms with Crippen LogP contribution < -0.4 is 4.74 Å². The predicted octanol–water partition coefficient (Wildman–Crippen LogP) is 4.45. The lowest BCUT2D eigenvalue weighted by Crippen LogP contribution is -2.58. The molecule has 8 heteroatoms. The Hall–Kier alpha value is -2.15. The predicted molar refractivity (Wildman–Crippen MR) is 115 cm³/mol. The van der Waals surface area contributed by atoms with E-state index in [0.717, 1.165) is 5.56 Å². The van der Waals surface area contributed by atoms with E-state index >= 15 is 0 Å². The SMILES string of the molecule is C[C@@H]1CN(C(=O)COc2c(Cl)cc(Cl)cc2C=O)[C@@H](C)CN1Cc1ccc(F)cc1. The fourth-order valence-electron chi connectivity index (χ4n) is 3.63. The largest absolute Gasteiger partial charge is 0.481 e. The standard InChI is InChI=1S/C22H23Cl2FN2O3/c1-14-10-27(15(2)9-26(14)11-16-3-5-19(25)6-4-16)21(29)13-30-22-17(12-28)7-18(23)8-20(22)24/h3-8,12,14-15H,9-11,13H2,1-2H3/t14-,15+/m1/s1. The van der Waals surface area contributed by atoms with Crippen LogP contribution in [0.3, 0.4) is 0 Å². The van der Waals surface area contributed by atoms with E-state index in [9.17, 15) is 14.0 Å². The Morgan fingerprint density at radius 1 is 1.17 bits per heavy atom. The monoisotopic (exact) mass is 452 g/mol. The fraction of sp³-hybridized carbons (Fsp3) is 0.364. The molecule has 1 saturated heterocycles. The second-order valence-electron chi connectivity index (χ2n) is 7.51. The number of benzene rings is 2. The van der Waals surface area contributed by atoms with Crippen molar-refractivity contribution in [2.75, 3.05) is 19.7 Å². The van der Waals surface area contributed by atoms with Crippen molar-refractivity contribution < 1.29 is 18.7 Å². The first-order chi connectivity index (χ1) is 14.3. The maximum Gasteiger partial charge on any atom is 0.260 e. The van der Waals surface area contributed by atoms with Gasteiger partial charge in [0.1, 0.15) is 11.6 Å². The van der Waals surface area contributed by atoms with Crippen LogP contribution in [0.1, 0.15) is 29.8 Å². The number of amides is 1. The summed E-state index contributed by atoms with van der Waals surface area (Å²) >= 11 is 12.0. The average Bonchev–Trinajstić information content (AvgIpc) is 2.70. The molecule has 2 aromatic carbocycles. The van der Waals surface area contributed by atoms with Crippen LogP contribution >= 0.6 is 23.2 Å². The molecule has 0 N–H and O–H groups in total. The third-order valence-corrected chi connectivity index (χ3v) is 5.74. The summed E-state index contributed by atoms with van der Waals surface area (Å²) in [7, 11) is 0. The van der Waals surface area contributed by atoms with Gasteiger partial charge >= 0.3 is 0 Å². The molecular formula is C22H23Cl2FN2O3. The summed E-state index contributed by atoms with van der Waals surface area (Å²) in [6, 6.07) is 9.47. The Balaban J connectivity index is 1.61. The number of ether oxygens (including phenoxy) is 1. The van der Waals surface area contributed by atoms with E-state index in [2.05, 4.69) is 11.8 Å². The van der Waals surface area contributed by atoms with Gasteiger partial charge < -0.3 is 9.64 Å². The van der Waals surface area contributed by atoms with Gasteiger partial charge in [0.15, 0.2) is 12.9 Å². The van der Waals surface area contributed by atoms with Crippen LogP contribution in [-0.2, 0) is 11.3 Å². The molecule has 0 radical (unpaired) electrons. The van der Waals surface area contributed by atoms with Gasteiger partial charge in [-0.1, -0.05) is 35.3 Å². The Morgan fingerprint density at radius 2 is 1.87 bits per heavy atom. The van der Waals surface area contributed by atoms with E-state index in [4.69, 9.17) is 27.9 Å². The van der Waals surface area contributed by atoms with E-state index in [1.54, 1.807) is 17.0 Å². The zero-order chi connectivity index (χ0) is 21.8. The molecule has 2 atom stereocenters. The van der Waals surface area contributed by atoms with Crippen molar-refractivity contribution in [2.24, 2.45) is 0 Å². The van der Waals surface area contributed by atoms with Crippen molar-refractivity contribution in [3.63, 3.8) is 0 Å². The summed E-state index contributed by atoms with van der Waals surface area (Å²) in [6.07, 6.45) is 0.594. The number of piperazine rings is 1. The van der Waals surface area contributed by atoms with Crippen LogP contribution in [0.25, 0.3) is 0 Å². The molecule has 30 heavy (non-hydrogen) atoms. The van der Waals surface area contributed by atoms with Crippen molar-refractivity contribution in [1.82, 2.24) is 9.80 Å². The summed E-state index contributed by atoms with van der Waals surface area (Å²) in [5.41, 5.74) is 1.23. The first kappa shape index (κ1) is 22.5. The maximum absolute atomic E-state index is 13.1. The van der Waals surface area contributed by atoms with Gasteiger partial charge in [-0.3, -0.25) is 14.5 Å². The van der Waals surface area contributed by atoms with Gasteiger partial charge in [0.05, 0.1) is 10.6 Å². The number of nitrogens with zero attached hydrogens (tertiary/aromatic N) is 2. The molecule has 0 aromatic heterocycles. The van der Waals surface area contributed by atoms with Crippen molar-refractivity contribution in [1.29, 1.82) is 0 Å². The van der Waals surface area contributed by atoms with Crippen LogP contribution in [-0.4, -0.2) is 53.8 Å². The average molecular weight is 453 g/mol. The molecule has 1 heterocycles. The van der Waals surface area contributed by atoms with Crippen molar-refractivity contribution >= 4 is 35.4 Å². The van der Waals surface area contributed by atoms with Crippen LogP contribution in [0.4, 0.5) is 4.39 Å². The molecule has 5 nitrogen and oxygen atoms in total. The Morgan fingerprint density at radius 3 is 2.53 bits per heavy atom. The Bertz CT molecular complexity index is 923. The van der Waals surface area contributed by atoms with Gasteiger partial charge in [0.25, 0.3) is 5.91 Å². The topological polar surface area (TPSA) is 49.9 Å². The molecule has 3 rings (SSSR count). The number of carbonyl (C=O) groups is 2. The molecule has 0 spiro atoms. The second kappa shape index (κ2) is 9.77. The highest BCUT2D eigenvalue weighted by Crippen LogP contribution is 2.31. The molecule has 0 bridgehead atoms. The fourth-order valence-corrected chi connectivity index (χ4v) is 4.19. The zero-order valence-electron chi connectivity index (χ0n) is 16.8.